The minimum atomic E-state index is 0.181. The number of hydrogen-bond donors (Lipinski definition) is 1. The third kappa shape index (κ3) is 3.11. The second-order valence-electron chi connectivity index (χ2n) is 5.36. The standard InChI is InChI=1S/C14H19BrN2/c1-14(2,3)16-8-9-17-10-12(15)11-6-4-5-7-13(11)17/h4-7,10,16H,8-9H2,1-3H3. The highest BCUT2D eigenvalue weighted by Crippen LogP contribution is 2.25. The van der Waals surface area contributed by atoms with E-state index in [2.05, 4.69) is 77.0 Å². The third-order valence-electron chi connectivity index (χ3n) is 2.75. The summed E-state index contributed by atoms with van der Waals surface area (Å²) >= 11 is 3.61. The Kier molecular flexibility index (Phi) is 3.59. The molecule has 0 saturated carbocycles. The molecule has 1 heterocycles. The first kappa shape index (κ1) is 12.7. The van der Waals surface area contributed by atoms with Gasteiger partial charge in [-0.25, -0.2) is 0 Å². The first-order chi connectivity index (χ1) is 7.97. The fourth-order valence-electron chi connectivity index (χ4n) is 1.94. The van der Waals surface area contributed by atoms with Crippen molar-refractivity contribution in [3.8, 4) is 0 Å². The molecule has 2 rings (SSSR count). The monoisotopic (exact) mass is 294 g/mol. The lowest BCUT2D eigenvalue weighted by Crippen LogP contribution is -2.37. The van der Waals surface area contributed by atoms with Gasteiger partial charge in [0.15, 0.2) is 0 Å². The Labute approximate surface area is 111 Å². The fourth-order valence-corrected chi connectivity index (χ4v) is 2.52. The Hall–Kier alpha value is -0.800. The van der Waals surface area contributed by atoms with E-state index in [9.17, 15) is 0 Å². The molecule has 1 aromatic heterocycles. The molecular weight excluding hydrogens is 276 g/mol. The smallest absolute Gasteiger partial charge is 0.0492 e. The van der Waals surface area contributed by atoms with Crippen LogP contribution < -0.4 is 5.32 Å². The Bertz CT molecular complexity index is 508. The Morgan fingerprint density at radius 2 is 1.94 bits per heavy atom. The summed E-state index contributed by atoms with van der Waals surface area (Å²) in [4.78, 5) is 0. The van der Waals surface area contributed by atoms with Crippen LogP contribution in [0.5, 0.6) is 0 Å². The van der Waals surface area contributed by atoms with Crippen molar-refractivity contribution in [3.63, 3.8) is 0 Å². The van der Waals surface area contributed by atoms with Crippen LogP contribution in [-0.2, 0) is 6.54 Å². The Morgan fingerprint density at radius 1 is 1.24 bits per heavy atom. The summed E-state index contributed by atoms with van der Waals surface area (Å²) in [6.45, 7) is 8.54. The lowest BCUT2D eigenvalue weighted by molar-refractivity contribution is 0.414. The molecule has 1 N–H and O–H groups in total. The summed E-state index contributed by atoms with van der Waals surface area (Å²) < 4.78 is 3.46. The highest BCUT2D eigenvalue weighted by Gasteiger charge is 2.09. The van der Waals surface area contributed by atoms with Gasteiger partial charge < -0.3 is 9.88 Å². The Morgan fingerprint density at radius 3 is 2.65 bits per heavy atom. The zero-order chi connectivity index (χ0) is 12.5. The molecule has 0 spiro atoms. The summed E-state index contributed by atoms with van der Waals surface area (Å²) in [6.07, 6.45) is 2.16. The van der Waals surface area contributed by atoms with E-state index in [1.807, 2.05) is 0 Å². The molecule has 1 aromatic carbocycles. The molecule has 0 saturated heterocycles. The van der Waals surface area contributed by atoms with Gasteiger partial charge in [-0.2, -0.15) is 0 Å². The molecule has 3 heteroatoms. The maximum atomic E-state index is 3.61. The van der Waals surface area contributed by atoms with Gasteiger partial charge in [0, 0.05) is 40.2 Å². The molecule has 17 heavy (non-hydrogen) atoms. The fraction of sp³-hybridized carbons (Fsp3) is 0.429. The average molecular weight is 295 g/mol. The van der Waals surface area contributed by atoms with Crippen LogP contribution >= 0.6 is 15.9 Å². The molecule has 92 valence electrons. The quantitative estimate of drug-likeness (QED) is 0.911. The van der Waals surface area contributed by atoms with Crippen LogP contribution in [0.25, 0.3) is 10.9 Å². The summed E-state index contributed by atoms with van der Waals surface area (Å²) in [5, 5.41) is 4.79. The minimum Gasteiger partial charge on any atom is -0.345 e. The van der Waals surface area contributed by atoms with E-state index in [0.29, 0.717) is 0 Å². The topological polar surface area (TPSA) is 17.0 Å². The van der Waals surface area contributed by atoms with Crippen molar-refractivity contribution in [2.24, 2.45) is 0 Å². The number of aromatic nitrogens is 1. The van der Waals surface area contributed by atoms with Gasteiger partial charge in [0.25, 0.3) is 0 Å². The van der Waals surface area contributed by atoms with Crippen molar-refractivity contribution in [2.45, 2.75) is 32.9 Å². The van der Waals surface area contributed by atoms with Gasteiger partial charge in [-0.3, -0.25) is 0 Å². The minimum absolute atomic E-state index is 0.181. The molecule has 0 aliphatic heterocycles. The van der Waals surface area contributed by atoms with E-state index in [-0.39, 0.29) is 5.54 Å². The molecule has 0 unspecified atom stereocenters. The van der Waals surface area contributed by atoms with E-state index in [0.717, 1.165) is 13.1 Å². The highest BCUT2D eigenvalue weighted by molar-refractivity contribution is 9.10. The zero-order valence-corrected chi connectivity index (χ0v) is 12.2. The van der Waals surface area contributed by atoms with E-state index in [4.69, 9.17) is 0 Å². The van der Waals surface area contributed by atoms with Crippen molar-refractivity contribution in [3.05, 3.63) is 34.9 Å². The molecule has 0 fully saturated rings. The number of nitrogens with zero attached hydrogens (tertiary/aromatic N) is 1. The van der Waals surface area contributed by atoms with Crippen LogP contribution in [-0.4, -0.2) is 16.7 Å². The van der Waals surface area contributed by atoms with Gasteiger partial charge in [0.05, 0.1) is 0 Å². The van der Waals surface area contributed by atoms with Crippen molar-refractivity contribution >= 4 is 26.8 Å². The molecule has 0 bridgehead atoms. The predicted octanol–water partition coefficient (Wildman–Crippen LogP) is 3.79. The lowest BCUT2D eigenvalue weighted by atomic mass is 10.1. The third-order valence-corrected chi connectivity index (χ3v) is 3.38. The van der Waals surface area contributed by atoms with Gasteiger partial charge in [-0.15, -0.1) is 0 Å². The Balaban J connectivity index is 2.14. The number of rotatable bonds is 3. The van der Waals surface area contributed by atoms with E-state index in [1.54, 1.807) is 0 Å². The first-order valence-electron chi connectivity index (χ1n) is 5.96. The molecule has 0 aliphatic rings. The molecular formula is C14H19BrN2. The second-order valence-corrected chi connectivity index (χ2v) is 6.22. The molecule has 2 nitrogen and oxygen atoms in total. The molecule has 0 atom stereocenters. The number of nitrogens with one attached hydrogen (secondary N) is 1. The van der Waals surface area contributed by atoms with Crippen molar-refractivity contribution in [1.29, 1.82) is 0 Å². The number of para-hydroxylation sites is 1. The molecule has 0 amide bonds. The maximum Gasteiger partial charge on any atom is 0.0492 e. The molecule has 0 radical (unpaired) electrons. The van der Waals surface area contributed by atoms with Gasteiger partial charge in [-0.1, -0.05) is 18.2 Å². The number of hydrogen-bond acceptors (Lipinski definition) is 1. The lowest BCUT2D eigenvalue weighted by Gasteiger charge is -2.20. The SMILES string of the molecule is CC(C)(C)NCCn1cc(Br)c2ccccc21. The predicted molar refractivity (Wildman–Crippen MR) is 77.4 cm³/mol. The normalized spacial score (nSPS) is 12.2. The van der Waals surface area contributed by atoms with Gasteiger partial charge in [0.2, 0.25) is 0 Å². The van der Waals surface area contributed by atoms with Crippen molar-refractivity contribution in [1.82, 2.24) is 9.88 Å². The summed E-state index contributed by atoms with van der Waals surface area (Å²) in [6, 6.07) is 8.47. The second kappa shape index (κ2) is 4.83. The van der Waals surface area contributed by atoms with Crippen molar-refractivity contribution < 1.29 is 0 Å². The van der Waals surface area contributed by atoms with Gasteiger partial charge >= 0.3 is 0 Å². The summed E-state index contributed by atoms with van der Waals surface area (Å²) in [7, 11) is 0. The average Bonchev–Trinajstić information content (AvgIpc) is 2.55. The number of benzene rings is 1. The van der Waals surface area contributed by atoms with Gasteiger partial charge in [-0.05, 0) is 42.8 Å². The van der Waals surface area contributed by atoms with Crippen LogP contribution in [0.4, 0.5) is 0 Å². The molecule has 2 aromatic rings. The van der Waals surface area contributed by atoms with E-state index in [1.165, 1.54) is 15.4 Å². The van der Waals surface area contributed by atoms with E-state index < -0.39 is 0 Å². The van der Waals surface area contributed by atoms with Crippen LogP contribution in [0.15, 0.2) is 34.9 Å². The van der Waals surface area contributed by atoms with Crippen LogP contribution in [0.1, 0.15) is 20.8 Å². The van der Waals surface area contributed by atoms with Crippen molar-refractivity contribution in [2.75, 3.05) is 6.54 Å². The summed E-state index contributed by atoms with van der Waals surface area (Å²) in [5.41, 5.74) is 1.47. The first-order valence-corrected chi connectivity index (χ1v) is 6.75. The maximum absolute atomic E-state index is 3.61. The zero-order valence-electron chi connectivity index (χ0n) is 10.6. The largest absolute Gasteiger partial charge is 0.345 e. The van der Waals surface area contributed by atoms with Crippen LogP contribution in [0.3, 0.4) is 0 Å². The van der Waals surface area contributed by atoms with Crippen LogP contribution in [0.2, 0.25) is 0 Å². The number of fused-ring (bicyclic) bond motifs is 1. The molecule has 0 aliphatic carbocycles. The van der Waals surface area contributed by atoms with Gasteiger partial charge in [0.1, 0.15) is 0 Å². The van der Waals surface area contributed by atoms with E-state index >= 15 is 0 Å². The summed E-state index contributed by atoms with van der Waals surface area (Å²) in [5.74, 6) is 0. The number of halogens is 1. The highest BCUT2D eigenvalue weighted by atomic mass is 79.9. The van der Waals surface area contributed by atoms with Crippen LogP contribution in [0, 0.1) is 0 Å².